The summed E-state index contributed by atoms with van der Waals surface area (Å²) >= 11 is 0. The van der Waals surface area contributed by atoms with Gasteiger partial charge in [-0.15, -0.1) is 0 Å². The van der Waals surface area contributed by atoms with Crippen LogP contribution in [-0.2, 0) is 6.42 Å². The van der Waals surface area contributed by atoms with Gasteiger partial charge in [-0.1, -0.05) is 42.9 Å². The highest BCUT2D eigenvalue weighted by Gasteiger charge is 2.36. The number of esters is 1. The number of carbonyl (C=O) groups is 1. The van der Waals surface area contributed by atoms with Gasteiger partial charge in [0.2, 0.25) is 0 Å². The zero-order valence-electron chi connectivity index (χ0n) is 22.2. The number of carbonyl (C=O) groups excluding carboxylic acids is 1. The molecule has 0 spiro atoms. The summed E-state index contributed by atoms with van der Waals surface area (Å²) in [5.74, 6) is 1.19. The van der Waals surface area contributed by atoms with E-state index in [1.165, 1.54) is 44.2 Å². The van der Waals surface area contributed by atoms with Crippen LogP contribution >= 0.6 is 0 Å². The van der Waals surface area contributed by atoms with E-state index in [0.717, 1.165) is 37.5 Å². The van der Waals surface area contributed by atoms with Crippen LogP contribution in [0.2, 0.25) is 0 Å². The smallest absolute Gasteiger partial charge is 0.343 e. The summed E-state index contributed by atoms with van der Waals surface area (Å²) in [7, 11) is 0. The number of hydrogen-bond acceptors (Lipinski definition) is 2. The molecule has 0 radical (unpaired) electrons. The first-order chi connectivity index (χ1) is 18.0. The molecule has 0 saturated heterocycles. The molecule has 0 heterocycles. The summed E-state index contributed by atoms with van der Waals surface area (Å²) in [6, 6.07) is 9.13. The average Bonchev–Trinajstić information content (AvgIpc) is 2.90. The second-order valence-electron chi connectivity index (χ2n) is 10.8. The number of rotatable bonds is 9. The first-order valence-electron chi connectivity index (χ1n) is 14.0. The molecule has 0 N–H and O–H groups in total. The van der Waals surface area contributed by atoms with Gasteiger partial charge in [0.25, 0.3) is 0 Å². The molecular weight excluding hydrogens is 466 g/mol. The normalized spacial score (nSPS) is 23.9. The zero-order valence-corrected chi connectivity index (χ0v) is 22.2. The third kappa shape index (κ3) is 7.18. The fourth-order valence-corrected chi connectivity index (χ4v) is 6.38. The molecule has 2 saturated carbocycles. The lowest BCUT2D eigenvalue weighted by Gasteiger charge is -2.42. The minimum Gasteiger partial charge on any atom is -0.423 e. The van der Waals surface area contributed by atoms with Crippen LogP contribution in [0.5, 0.6) is 5.75 Å². The van der Waals surface area contributed by atoms with E-state index in [1.54, 1.807) is 24.3 Å². The van der Waals surface area contributed by atoms with Crippen LogP contribution in [-0.4, -0.2) is 5.97 Å². The van der Waals surface area contributed by atoms with Crippen molar-refractivity contribution in [2.45, 2.75) is 84.0 Å². The fourth-order valence-electron chi connectivity index (χ4n) is 6.38. The molecule has 0 aromatic heterocycles. The van der Waals surface area contributed by atoms with Crippen LogP contribution in [0, 0.1) is 29.4 Å². The molecule has 2 aliphatic carbocycles. The molecule has 4 heteroatoms. The van der Waals surface area contributed by atoms with Crippen molar-refractivity contribution in [1.29, 1.82) is 0 Å². The number of benzene rings is 2. The van der Waals surface area contributed by atoms with Crippen LogP contribution < -0.4 is 4.74 Å². The summed E-state index contributed by atoms with van der Waals surface area (Å²) < 4.78 is 34.9. The highest BCUT2D eigenvalue weighted by atomic mass is 19.1. The SMILES string of the molecule is C/C=C/CCc1ccc(OC(=O)c2ccc(C3CCC4CC(CC/C=C/C)CCC4C3)c(F)c2)cc1F. The number of fused-ring (bicyclic) bond motifs is 1. The van der Waals surface area contributed by atoms with Crippen molar-refractivity contribution in [2.75, 3.05) is 0 Å². The van der Waals surface area contributed by atoms with Crippen molar-refractivity contribution >= 4 is 5.97 Å². The fraction of sp³-hybridized carbons (Fsp3) is 0.485. The van der Waals surface area contributed by atoms with Crippen LogP contribution in [0.15, 0.2) is 60.7 Å². The Bertz CT molecular complexity index is 1120. The van der Waals surface area contributed by atoms with E-state index in [1.807, 2.05) is 19.1 Å². The molecule has 2 aromatic carbocycles. The molecule has 2 aliphatic rings. The predicted octanol–water partition coefficient (Wildman–Crippen LogP) is 9.35. The average molecular weight is 507 g/mol. The number of aryl methyl sites for hydroxylation is 1. The topological polar surface area (TPSA) is 26.3 Å². The molecule has 0 amide bonds. The quantitative estimate of drug-likeness (QED) is 0.192. The van der Waals surface area contributed by atoms with Crippen molar-refractivity contribution in [3.63, 3.8) is 0 Å². The zero-order chi connectivity index (χ0) is 26.2. The summed E-state index contributed by atoms with van der Waals surface area (Å²) in [4.78, 5) is 12.6. The number of ether oxygens (including phenoxy) is 1. The summed E-state index contributed by atoms with van der Waals surface area (Å²) in [5, 5.41) is 0. The molecule has 2 aromatic rings. The maximum atomic E-state index is 15.2. The minimum atomic E-state index is -0.675. The Morgan fingerprint density at radius 1 is 0.892 bits per heavy atom. The highest BCUT2D eigenvalue weighted by molar-refractivity contribution is 5.91. The van der Waals surface area contributed by atoms with E-state index in [9.17, 15) is 9.18 Å². The third-order valence-corrected chi connectivity index (χ3v) is 8.43. The van der Waals surface area contributed by atoms with Crippen molar-refractivity contribution in [1.82, 2.24) is 0 Å². The molecule has 2 fully saturated rings. The Balaban J connectivity index is 1.34. The van der Waals surface area contributed by atoms with Gasteiger partial charge in [0.15, 0.2) is 0 Å². The first kappa shape index (κ1) is 27.3. The molecule has 4 unspecified atom stereocenters. The third-order valence-electron chi connectivity index (χ3n) is 8.43. The van der Waals surface area contributed by atoms with Crippen molar-refractivity contribution in [3.8, 4) is 5.75 Å². The van der Waals surface area contributed by atoms with Gasteiger partial charge in [-0.25, -0.2) is 13.6 Å². The molecule has 4 atom stereocenters. The van der Waals surface area contributed by atoms with E-state index >= 15 is 4.39 Å². The lowest BCUT2D eigenvalue weighted by atomic mass is 9.63. The number of allylic oxidation sites excluding steroid dienone is 4. The lowest BCUT2D eigenvalue weighted by molar-refractivity contribution is 0.0733. The summed E-state index contributed by atoms with van der Waals surface area (Å²) in [5.41, 5.74) is 1.43. The van der Waals surface area contributed by atoms with E-state index in [4.69, 9.17) is 4.74 Å². The van der Waals surface area contributed by atoms with E-state index < -0.39 is 11.8 Å². The molecular formula is C33H40F2O2. The molecule has 4 rings (SSSR count). The first-order valence-corrected chi connectivity index (χ1v) is 14.0. The van der Waals surface area contributed by atoms with Gasteiger partial charge >= 0.3 is 5.97 Å². The Kier molecular flexibility index (Phi) is 9.71. The van der Waals surface area contributed by atoms with Crippen molar-refractivity contribution in [2.24, 2.45) is 17.8 Å². The molecule has 2 nitrogen and oxygen atoms in total. The second kappa shape index (κ2) is 13.2. The molecule has 0 bridgehead atoms. The lowest BCUT2D eigenvalue weighted by Crippen LogP contribution is -2.30. The van der Waals surface area contributed by atoms with Gasteiger partial charge in [0, 0.05) is 6.07 Å². The maximum Gasteiger partial charge on any atom is 0.343 e. The number of halogens is 2. The van der Waals surface area contributed by atoms with Crippen molar-refractivity contribution in [3.05, 3.63) is 89.0 Å². The van der Waals surface area contributed by atoms with Crippen LogP contribution in [0.25, 0.3) is 0 Å². The second-order valence-corrected chi connectivity index (χ2v) is 10.8. The largest absolute Gasteiger partial charge is 0.423 e. The summed E-state index contributed by atoms with van der Waals surface area (Å²) in [6.45, 7) is 4.01. The van der Waals surface area contributed by atoms with Crippen LogP contribution in [0.1, 0.15) is 99.0 Å². The van der Waals surface area contributed by atoms with E-state index in [-0.39, 0.29) is 23.0 Å². The maximum absolute atomic E-state index is 15.2. The Labute approximate surface area is 220 Å². The monoisotopic (exact) mass is 506 g/mol. The molecule has 37 heavy (non-hydrogen) atoms. The van der Waals surface area contributed by atoms with Gasteiger partial charge in [-0.05, 0) is 125 Å². The van der Waals surface area contributed by atoms with Crippen molar-refractivity contribution < 1.29 is 18.3 Å². The van der Waals surface area contributed by atoms with E-state index in [0.29, 0.717) is 23.5 Å². The Hall–Kier alpha value is -2.75. The standard InChI is InChI=1S/C33H40F2O2/c1-3-5-7-9-23-11-12-26-20-27(14-13-25(26)19-23)30-18-16-28(21-32(30)35)33(36)37-29-17-15-24(31(34)22-29)10-8-6-4-2/h3-6,15-18,21-23,25-27H,7-14,19-20H2,1-2H3/b5-3+,6-4+. The Morgan fingerprint density at radius 3 is 2.41 bits per heavy atom. The van der Waals surface area contributed by atoms with Crippen LogP contribution in [0.3, 0.4) is 0 Å². The molecule has 198 valence electrons. The highest BCUT2D eigenvalue weighted by Crippen LogP contribution is 2.48. The van der Waals surface area contributed by atoms with Gasteiger partial charge < -0.3 is 4.74 Å². The predicted molar refractivity (Wildman–Crippen MR) is 146 cm³/mol. The minimum absolute atomic E-state index is 0.126. The molecule has 0 aliphatic heterocycles. The van der Waals surface area contributed by atoms with Gasteiger partial charge in [0.1, 0.15) is 17.4 Å². The summed E-state index contributed by atoms with van der Waals surface area (Å²) in [6.07, 6.45) is 19.2. The van der Waals surface area contributed by atoms with E-state index in [2.05, 4.69) is 19.1 Å². The van der Waals surface area contributed by atoms with Gasteiger partial charge in [-0.3, -0.25) is 0 Å². The number of hydrogen-bond donors (Lipinski definition) is 0. The van der Waals surface area contributed by atoms with Crippen LogP contribution in [0.4, 0.5) is 8.78 Å². The van der Waals surface area contributed by atoms with Gasteiger partial charge in [-0.2, -0.15) is 0 Å². The van der Waals surface area contributed by atoms with Gasteiger partial charge in [0.05, 0.1) is 5.56 Å². The Morgan fingerprint density at radius 2 is 1.65 bits per heavy atom.